The summed E-state index contributed by atoms with van der Waals surface area (Å²) in [6.45, 7) is 3.15. The number of rotatable bonds is 7. The zero-order chi connectivity index (χ0) is 17.5. The Morgan fingerprint density at radius 3 is 2.44 bits per heavy atom. The number of halogens is 1. The van der Waals surface area contributed by atoms with Crippen LogP contribution in [0, 0.1) is 5.82 Å². The predicted molar refractivity (Wildman–Crippen MR) is 104 cm³/mol. The number of thiazole rings is 1. The Bertz CT molecular complexity index is 848. The summed E-state index contributed by atoms with van der Waals surface area (Å²) < 4.78 is 15.5. The van der Waals surface area contributed by atoms with E-state index >= 15 is 0 Å². The molecule has 0 aliphatic heterocycles. The molecule has 0 spiro atoms. The third kappa shape index (κ3) is 4.67. The summed E-state index contributed by atoms with van der Waals surface area (Å²) in [5.74, 6) is -0.206. The summed E-state index contributed by atoms with van der Waals surface area (Å²) in [6, 6.07) is 16.7. The van der Waals surface area contributed by atoms with Gasteiger partial charge in [-0.15, -0.1) is 11.3 Å². The highest BCUT2D eigenvalue weighted by molar-refractivity contribution is 7.07. The first-order valence-corrected chi connectivity index (χ1v) is 9.70. The summed E-state index contributed by atoms with van der Waals surface area (Å²) in [5.41, 5.74) is 3.09. The summed E-state index contributed by atoms with van der Waals surface area (Å²) in [7, 11) is 0. The Morgan fingerprint density at radius 2 is 1.72 bits per heavy atom. The van der Waals surface area contributed by atoms with Gasteiger partial charge >= 0.3 is 0 Å². The topological polar surface area (TPSA) is 17.3 Å². The van der Waals surface area contributed by atoms with Crippen molar-refractivity contribution >= 4 is 17.0 Å². The maximum Gasteiger partial charge on any atom is 0.190 e. The summed E-state index contributed by atoms with van der Waals surface area (Å²) >= 11 is 1.64. The van der Waals surface area contributed by atoms with E-state index in [1.807, 2.05) is 42.5 Å². The van der Waals surface area contributed by atoms with Gasteiger partial charge in [-0.1, -0.05) is 44.4 Å². The molecule has 25 heavy (non-hydrogen) atoms. The molecule has 0 bridgehead atoms. The molecule has 3 rings (SSSR count). The zero-order valence-electron chi connectivity index (χ0n) is 14.5. The van der Waals surface area contributed by atoms with Crippen LogP contribution in [0.5, 0.6) is 0 Å². The quantitative estimate of drug-likeness (QED) is 0.452. The van der Waals surface area contributed by atoms with E-state index in [-0.39, 0.29) is 5.82 Å². The summed E-state index contributed by atoms with van der Waals surface area (Å²) in [6.07, 6.45) is 4.82. The van der Waals surface area contributed by atoms with Gasteiger partial charge in [0.15, 0.2) is 4.80 Å². The van der Waals surface area contributed by atoms with E-state index in [1.165, 1.54) is 31.4 Å². The number of hydrogen-bond acceptors (Lipinski definition) is 2. The Balaban J connectivity index is 1.97. The molecule has 0 saturated carbocycles. The van der Waals surface area contributed by atoms with Crippen LogP contribution in [0.2, 0.25) is 0 Å². The Morgan fingerprint density at radius 1 is 0.960 bits per heavy atom. The van der Waals surface area contributed by atoms with Gasteiger partial charge in [-0.2, -0.15) is 0 Å². The first kappa shape index (κ1) is 17.6. The van der Waals surface area contributed by atoms with Gasteiger partial charge in [0, 0.05) is 11.9 Å². The van der Waals surface area contributed by atoms with Crippen molar-refractivity contribution in [2.75, 3.05) is 0 Å². The van der Waals surface area contributed by atoms with Crippen molar-refractivity contribution in [3.05, 3.63) is 70.6 Å². The molecule has 0 unspecified atom stereocenters. The van der Waals surface area contributed by atoms with Crippen molar-refractivity contribution in [2.45, 2.75) is 39.2 Å². The van der Waals surface area contributed by atoms with E-state index in [4.69, 9.17) is 4.99 Å². The number of hydrogen-bond donors (Lipinski definition) is 0. The monoisotopic (exact) mass is 354 g/mol. The molecule has 0 radical (unpaired) electrons. The van der Waals surface area contributed by atoms with Crippen LogP contribution in [0.15, 0.2) is 65.0 Å². The normalized spacial score (nSPS) is 11.8. The number of nitrogens with zero attached hydrogens (tertiary/aromatic N) is 2. The molecular weight excluding hydrogens is 331 g/mol. The lowest BCUT2D eigenvalue weighted by Gasteiger charge is -2.09. The third-order valence-corrected chi connectivity index (χ3v) is 5.02. The van der Waals surface area contributed by atoms with Gasteiger partial charge in [0.05, 0.1) is 11.4 Å². The molecule has 0 aliphatic rings. The fourth-order valence-corrected chi connectivity index (χ4v) is 3.75. The van der Waals surface area contributed by atoms with E-state index in [0.717, 1.165) is 34.7 Å². The SMILES string of the molecule is CCCCCCn1c(-c2ccc(F)cc2)csc1=Nc1ccccc1. The maximum absolute atomic E-state index is 13.3. The van der Waals surface area contributed by atoms with Crippen molar-refractivity contribution in [1.29, 1.82) is 0 Å². The van der Waals surface area contributed by atoms with Crippen LogP contribution in [0.1, 0.15) is 32.6 Å². The van der Waals surface area contributed by atoms with Gasteiger partial charge in [-0.3, -0.25) is 0 Å². The molecule has 0 amide bonds. The number of unbranched alkanes of at least 4 members (excludes halogenated alkanes) is 3. The zero-order valence-corrected chi connectivity index (χ0v) is 15.3. The minimum Gasteiger partial charge on any atom is -0.316 e. The predicted octanol–water partition coefficient (Wildman–Crippen LogP) is 6.17. The lowest BCUT2D eigenvalue weighted by Crippen LogP contribution is -2.16. The Kier molecular flexibility index (Phi) is 6.18. The first-order chi connectivity index (χ1) is 12.3. The lowest BCUT2D eigenvalue weighted by molar-refractivity contribution is 0.577. The molecule has 0 fully saturated rings. The highest BCUT2D eigenvalue weighted by Crippen LogP contribution is 2.22. The number of aromatic nitrogens is 1. The molecule has 4 heteroatoms. The highest BCUT2D eigenvalue weighted by Gasteiger charge is 2.08. The molecule has 0 aliphatic carbocycles. The van der Waals surface area contributed by atoms with Crippen LogP contribution in [0.3, 0.4) is 0 Å². The van der Waals surface area contributed by atoms with Gasteiger partial charge < -0.3 is 4.57 Å². The van der Waals surface area contributed by atoms with Crippen molar-refractivity contribution in [3.8, 4) is 11.3 Å². The van der Waals surface area contributed by atoms with Crippen LogP contribution in [-0.2, 0) is 6.54 Å². The number of para-hydroxylation sites is 1. The van der Waals surface area contributed by atoms with Crippen molar-refractivity contribution < 1.29 is 4.39 Å². The maximum atomic E-state index is 13.3. The summed E-state index contributed by atoms with van der Waals surface area (Å²) in [4.78, 5) is 5.80. The molecule has 130 valence electrons. The first-order valence-electron chi connectivity index (χ1n) is 8.82. The van der Waals surface area contributed by atoms with E-state index in [9.17, 15) is 4.39 Å². The van der Waals surface area contributed by atoms with E-state index in [1.54, 1.807) is 11.3 Å². The fourth-order valence-electron chi connectivity index (χ4n) is 2.80. The molecule has 1 aromatic heterocycles. The molecule has 1 heterocycles. The van der Waals surface area contributed by atoms with Crippen molar-refractivity contribution in [3.63, 3.8) is 0 Å². The van der Waals surface area contributed by atoms with E-state index in [0.29, 0.717) is 0 Å². The Hall–Kier alpha value is -2.20. The second kappa shape index (κ2) is 8.77. The van der Waals surface area contributed by atoms with Gasteiger partial charge in [0.1, 0.15) is 5.82 Å². The van der Waals surface area contributed by atoms with E-state index in [2.05, 4.69) is 16.9 Å². The average Bonchev–Trinajstić information content (AvgIpc) is 3.03. The summed E-state index contributed by atoms with van der Waals surface area (Å²) in [5, 5.41) is 2.12. The second-order valence-corrected chi connectivity index (χ2v) is 6.91. The largest absolute Gasteiger partial charge is 0.316 e. The van der Waals surface area contributed by atoms with Crippen LogP contribution in [0.25, 0.3) is 11.3 Å². The third-order valence-electron chi connectivity index (χ3n) is 4.15. The molecule has 2 aromatic carbocycles. The van der Waals surface area contributed by atoms with Crippen LogP contribution in [0.4, 0.5) is 10.1 Å². The van der Waals surface area contributed by atoms with E-state index < -0.39 is 0 Å². The van der Waals surface area contributed by atoms with Crippen molar-refractivity contribution in [1.82, 2.24) is 4.57 Å². The van der Waals surface area contributed by atoms with Crippen molar-refractivity contribution in [2.24, 2.45) is 4.99 Å². The molecular formula is C21H23FN2S. The highest BCUT2D eigenvalue weighted by atomic mass is 32.1. The molecule has 0 N–H and O–H groups in total. The van der Waals surface area contributed by atoms with Crippen LogP contribution in [-0.4, -0.2) is 4.57 Å². The number of benzene rings is 2. The second-order valence-electron chi connectivity index (χ2n) is 6.07. The van der Waals surface area contributed by atoms with Crippen LogP contribution >= 0.6 is 11.3 Å². The average molecular weight is 354 g/mol. The molecule has 2 nitrogen and oxygen atoms in total. The van der Waals surface area contributed by atoms with Gasteiger partial charge in [0.2, 0.25) is 0 Å². The Labute approximate surface area is 152 Å². The molecule has 0 atom stereocenters. The smallest absolute Gasteiger partial charge is 0.190 e. The minimum absolute atomic E-state index is 0.206. The van der Waals surface area contributed by atoms with Gasteiger partial charge in [-0.05, 0) is 48.4 Å². The lowest BCUT2D eigenvalue weighted by atomic mass is 10.1. The fraction of sp³-hybridized carbons (Fsp3) is 0.286. The standard InChI is InChI=1S/C21H23FN2S/c1-2-3-4-8-15-24-20(17-11-13-18(22)14-12-17)16-25-21(24)23-19-9-6-5-7-10-19/h5-7,9-14,16H,2-4,8,15H2,1H3. The molecule has 0 saturated heterocycles. The molecule has 3 aromatic rings. The van der Waals surface area contributed by atoms with Gasteiger partial charge in [-0.25, -0.2) is 9.38 Å². The van der Waals surface area contributed by atoms with Gasteiger partial charge in [0.25, 0.3) is 0 Å². The minimum atomic E-state index is -0.206. The van der Waals surface area contributed by atoms with Crippen LogP contribution < -0.4 is 4.80 Å².